The third kappa shape index (κ3) is 3.43. The molecule has 0 aliphatic carbocycles. The topological polar surface area (TPSA) is 167 Å². The Morgan fingerprint density at radius 2 is 1.85 bits per heavy atom. The van der Waals surface area contributed by atoms with Gasteiger partial charge in [0, 0.05) is 30.4 Å². The Kier molecular flexibility index (Phi) is 4.48. The Morgan fingerprint density at radius 3 is 2.50 bits per heavy atom. The number of nitrogen functional groups attached to an aromatic ring is 1. The zero-order valence-electron chi connectivity index (χ0n) is 13.7. The fourth-order valence-corrected chi connectivity index (χ4v) is 2.88. The average Bonchev–Trinajstić information content (AvgIpc) is 3.06. The van der Waals surface area contributed by atoms with Crippen molar-refractivity contribution >= 4 is 23.2 Å². The second kappa shape index (κ2) is 6.75. The number of anilines is 2. The summed E-state index contributed by atoms with van der Waals surface area (Å²) in [5.41, 5.74) is 9.93. The van der Waals surface area contributed by atoms with E-state index in [-0.39, 0.29) is 17.4 Å². The minimum Gasteiger partial charge on any atom is -0.392 e. The molecule has 1 aromatic carbocycles. The fourth-order valence-electron chi connectivity index (χ4n) is 2.88. The van der Waals surface area contributed by atoms with Gasteiger partial charge >= 0.3 is 5.69 Å². The van der Waals surface area contributed by atoms with E-state index in [4.69, 9.17) is 11.5 Å². The normalized spacial score (nSPS) is 16.5. The lowest BCUT2D eigenvalue weighted by Crippen LogP contribution is -2.40. The zero-order chi connectivity index (χ0) is 18.8. The molecule has 1 aromatic heterocycles. The summed E-state index contributed by atoms with van der Waals surface area (Å²) in [7, 11) is 0. The number of nitrogens with zero attached hydrogens (tertiary/aromatic N) is 1. The van der Waals surface area contributed by atoms with E-state index in [2.05, 4.69) is 10.3 Å². The molecule has 1 saturated heterocycles. The number of aromatic amines is 2. The van der Waals surface area contributed by atoms with Crippen LogP contribution in [0.4, 0.5) is 11.4 Å². The summed E-state index contributed by atoms with van der Waals surface area (Å²) in [6, 6.07) is 6.68. The summed E-state index contributed by atoms with van der Waals surface area (Å²) >= 11 is 0. The molecule has 1 aliphatic heterocycles. The maximum absolute atomic E-state index is 12.3. The van der Waals surface area contributed by atoms with Gasteiger partial charge in [0.2, 0.25) is 5.91 Å². The van der Waals surface area contributed by atoms with Gasteiger partial charge in [0.05, 0.1) is 0 Å². The Hall–Kier alpha value is -3.56. The van der Waals surface area contributed by atoms with Crippen LogP contribution in [0.15, 0.2) is 33.9 Å². The molecule has 1 fully saturated rings. The highest BCUT2D eigenvalue weighted by Gasteiger charge is 2.26. The molecule has 3 rings (SSSR count). The van der Waals surface area contributed by atoms with Crippen LogP contribution in [0.2, 0.25) is 0 Å². The Balaban J connectivity index is 1.68. The lowest BCUT2D eigenvalue weighted by atomic mass is 10.2. The molecule has 0 spiro atoms. The van der Waals surface area contributed by atoms with Crippen molar-refractivity contribution < 1.29 is 9.59 Å². The third-order valence-corrected chi connectivity index (χ3v) is 4.25. The number of aromatic nitrogens is 2. The molecule has 1 atom stereocenters. The van der Waals surface area contributed by atoms with Crippen molar-refractivity contribution in [3.8, 4) is 0 Å². The van der Waals surface area contributed by atoms with E-state index < -0.39 is 23.1 Å². The predicted octanol–water partition coefficient (Wildman–Crippen LogP) is -1.25. The molecule has 1 unspecified atom stereocenters. The second-order valence-corrected chi connectivity index (χ2v) is 6.01. The molecule has 26 heavy (non-hydrogen) atoms. The molecule has 2 aromatic rings. The minimum atomic E-state index is -0.804. The van der Waals surface area contributed by atoms with Gasteiger partial charge in [-0.2, -0.15) is 0 Å². The first-order chi connectivity index (χ1) is 12.3. The number of rotatable bonds is 4. The third-order valence-electron chi connectivity index (χ3n) is 4.25. The van der Waals surface area contributed by atoms with Crippen molar-refractivity contribution in [2.75, 3.05) is 23.7 Å². The van der Waals surface area contributed by atoms with Gasteiger partial charge in [-0.15, -0.1) is 0 Å². The maximum atomic E-state index is 12.3. The van der Waals surface area contributed by atoms with Crippen molar-refractivity contribution in [1.82, 2.24) is 15.3 Å². The van der Waals surface area contributed by atoms with Gasteiger partial charge in [0.15, 0.2) is 0 Å². The Labute approximate surface area is 147 Å². The first-order valence-corrected chi connectivity index (χ1v) is 7.93. The van der Waals surface area contributed by atoms with E-state index in [1.54, 1.807) is 24.3 Å². The van der Waals surface area contributed by atoms with Gasteiger partial charge in [0.1, 0.15) is 11.4 Å². The highest BCUT2D eigenvalue weighted by Crippen LogP contribution is 2.21. The van der Waals surface area contributed by atoms with E-state index >= 15 is 0 Å². The number of hydrogen-bond acceptors (Lipinski definition) is 6. The standard InChI is InChI=1S/C16H18N6O4/c17-11-12(20-16(26)21-14(11)24)15(25)19-9-5-6-22(7-9)10-3-1-8(2-4-10)13(18)23/h1-4,9H,5-7,17H2,(H2,18,23)(H,19,25)(H2,20,21,24,26). The number of benzene rings is 1. The highest BCUT2D eigenvalue weighted by molar-refractivity contribution is 5.97. The van der Waals surface area contributed by atoms with Gasteiger partial charge < -0.3 is 26.7 Å². The molecule has 2 heterocycles. The summed E-state index contributed by atoms with van der Waals surface area (Å²) in [6.45, 7) is 1.23. The number of primary amides is 1. The summed E-state index contributed by atoms with van der Waals surface area (Å²) in [6.07, 6.45) is 0.677. The van der Waals surface area contributed by atoms with Crippen LogP contribution in [0.1, 0.15) is 27.3 Å². The van der Waals surface area contributed by atoms with Crippen LogP contribution in [0.5, 0.6) is 0 Å². The number of nitrogens with one attached hydrogen (secondary N) is 3. The number of carbonyl (C=O) groups excluding carboxylic acids is 2. The lowest BCUT2D eigenvalue weighted by Gasteiger charge is -2.19. The fraction of sp³-hybridized carbons (Fsp3) is 0.250. The van der Waals surface area contributed by atoms with Gasteiger partial charge in [-0.25, -0.2) is 4.79 Å². The predicted molar refractivity (Wildman–Crippen MR) is 95.1 cm³/mol. The first kappa shape index (κ1) is 17.3. The number of carbonyl (C=O) groups is 2. The van der Waals surface area contributed by atoms with Gasteiger partial charge in [0.25, 0.3) is 11.5 Å². The molecule has 10 heteroatoms. The van der Waals surface area contributed by atoms with Crippen molar-refractivity contribution in [3.63, 3.8) is 0 Å². The molecule has 7 N–H and O–H groups in total. The Bertz CT molecular complexity index is 962. The van der Waals surface area contributed by atoms with E-state index in [0.717, 1.165) is 5.69 Å². The minimum absolute atomic E-state index is 0.180. The van der Waals surface area contributed by atoms with E-state index in [1.807, 2.05) is 9.88 Å². The highest BCUT2D eigenvalue weighted by atomic mass is 16.2. The van der Waals surface area contributed by atoms with Crippen LogP contribution < -0.4 is 32.9 Å². The average molecular weight is 358 g/mol. The van der Waals surface area contributed by atoms with Gasteiger partial charge in [-0.05, 0) is 30.7 Å². The molecule has 136 valence electrons. The second-order valence-electron chi connectivity index (χ2n) is 6.01. The number of nitrogens with two attached hydrogens (primary N) is 2. The van der Waals surface area contributed by atoms with Crippen molar-refractivity contribution in [1.29, 1.82) is 0 Å². The van der Waals surface area contributed by atoms with Gasteiger partial charge in [-0.3, -0.25) is 19.4 Å². The van der Waals surface area contributed by atoms with E-state index in [9.17, 15) is 19.2 Å². The van der Waals surface area contributed by atoms with E-state index in [1.165, 1.54) is 0 Å². The number of hydrogen-bond donors (Lipinski definition) is 5. The maximum Gasteiger partial charge on any atom is 0.326 e. The van der Waals surface area contributed by atoms with Crippen molar-refractivity contribution in [3.05, 3.63) is 56.4 Å². The monoisotopic (exact) mass is 358 g/mol. The van der Waals surface area contributed by atoms with E-state index in [0.29, 0.717) is 25.1 Å². The molecule has 10 nitrogen and oxygen atoms in total. The molecule has 1 aliphatic rings. The summed E-state index contributed by atoms with van der Waals surface area (Å²) in [5, 5.41) is 2.76. The molecule has 0 bridgehead atoms. The number of amides is 2. The van der Waals surface area contributed by atoms with Crippen LogP contribution in [0.3, 0.4) is 0 Å². The molecule has 0 saturated carbocycles. The SMILES string of the molecule is NC(=O)c1ccc(N2CCC(NC(=O)c3[nH]c(=O)[nH]c(=O)c3N)C2)cc1. The van der Waals surface area contributed by atoms with Gasteiger partial charge in [-0.1, -0.05) is 0 Å². The largest absolute Gasteiger partial charge is 0.392 e. The summed E-state index contributed by atoms with van der Waals surface area (Å²) in [5.74, 6) is -1.10. The zero-order valence-corrected chi connectivity index (χ0v) is 13.7. The van der Waals surface area contributed by atoms with Crippen molar-refractivity contribution in [2.45, 2.75) is 12.5 Å². The van der Waals surface area contributed by atoms with Crippen LogP contribution in [0, 0.1) is 0 Å². The van der Waals surface area contributed by atoms with Crippen LogP contribution in [-0.4, -0.2) is 40.9 Å². The quantitative estimate of drug-likeness (QED) is 0.458. The Morgan fingerprint density at radius 1 is 1.15 bits per heavy atom. The molecule has 2 amide bonds. The van der Waals surface area contributed by atoms with Crippen LogP contribution in [-0.2, 0) is 0 Å². The summed E-state index contributed by atoms with van der Waals surface area (Å²) < 4.78 is 0. The number of H-pyrrole nitrogens is 2. The summed E-state index contributed by atoms with van der Waals surface area (Å²) in [4.78, 5) is 52.5. The van der Waals surface area contributed by atoms with Crippen LogP contribution in [0.25, 0.3) is 0 Å². The lowest BCUT2D eigenvalue weighted by molar-refractivity contribution is 0.0934. The van der Waals surface area contributed by atoms with Crippen molar-refractivity contribution in [2.24, 2.45) is 5.73 Å². The smallest absolute Gasteiger partial charge is 0.326 e. The first-order valence-electron chi connectivity index (χ1n) is 7.93. The van der Waals surface area contributed by atoms with Crippen LogP contribution >= 0.6 is 0 Å². The molecular weight excluding hydrogens is 340 g/mol. The molecule has 0 radical (unpaired) electrons. The molecular formula is C16H18N6O4.